The minimum Gasteiger partial charge on any atom is -0.463 e. The smallest absolute Gasteiger partial charge is 0.308 e. The minimum absolute atomic E-state index is 0.0361. The number of rotatable bonds is 5. The Morgan fingerprint density at radius 2 is 1.93 bits per heavy atom. The van der Waals surface area contributed by atoms with E-state index in [1.54, 1.807) is 0 Å². The molecule has 0 aliphatic carbocycles. The van der Waals surface area contributed by atoms with Gasteiger partial charge in [0.2, 0.25) is 0 Å². The van der Waals surface area contributed by atoms with Gasteiger partial charge in [-0.15, -0.1) is 0 Å². The first kappa shape index (κ1) is 11.7. The van der Waals surface area contributed by atoms with Crippen LogP contribution in [0.2, 0.25) is 18.1 Å². The number of hydrogen-bond donors (Lipinski definition) is 0. The lowest BCUT2D eigenvalue weighted by Gasteiger charge is -2.30. The molecule has 0 saturated carbocycles. The van der Waals surface area contributed by atoms with Gasteiger partial charge >= 0.3 is 5.97 Å². The summed E-state index contributed by atoms with van der Waals surface area (Å²) in [5, 5.41) is 0. The van der Waals surface area contributed by atoms with Crippen molar-refractivity contribution in [1.82, 2.24) is 0 Å². The zero-order chi connectivity index (χ0) is 10.6. The Balaban J connectivity index is 2.51. The molecular weight excluding hydrogens is 196 g/mol. The average molecular weight is 216 g/mol. The molecule has 0 bridgehead atoms. The van der Waals surface area contributed by atoms with Gasteiger partial charge in [0.15, 0.2) is 8.32 Å². The van der Waals surface area contributed by atoms with E-state index in [0.717, 1.165) is 18.1 Å². The third-order valence-corrected chi connectivity index (χ3v) is 7.87. The molecule has 0 aromatic heterocycles. The average Bonchev–Trinajstić information content (AvgIpc) is 2.61. The summed E-state index contributed by atoms with van der Waals surface area (Å²) < 4.78 is 11.0. The lowest BCUT2D eigenvalue weighted by molar-refractivity contribution is -0.137. The summed E-state index contributed by atoms with van der Waals surface area (Å²) in [6, 6.07) is 3.39. The second kappa shape index (κ2) is 4.93. The molecule has 1 atom stereocenters. The Bertz CT molecular complexity index is 193. The van der Waals surface area contributed by atoms with Gasteiger partial charge in [-0.25, -0.2) is 0 Å². The first-order chi connectivity index (χ1) is 6.65. The van der Waals surface area contributed by atoms with Crippen LogP contribution in [0.3, 0.4) is 0 Å². The number of ether oxygens (including phenoxy) is 1. The highest BCUT2D eigenvalue weighted by molar-refractivity contribution is 6.73. The molecule has 0 aromatic carbocycles. The zero-order valence-electron chi connectivity index (χ0n) is 9.34. The summed E-state index contributed by atoms with van der Waals surface area (Å²) in [4.78, 5) is 10.9. The van der Waals surface area contributed by atoms with Crippen LogP contribution >= 0.6 is 0 Å². The second-order valence-electron chi connectivity index (χ2n) is 3.87. The summed E-state index contributed by atoms with van der Waals surface area (Å²) in [7, 11) is -1.54. The van der Waals surface area contributed by atoms with E-state index in [2.05, 4.69) is 20.8 Å². The SMILES string of the molecule is CC[Si](CC)(CC)O[C@H]1COC(=O)C1. The van der Waals surface area contributed by atoms with E-state index in [4.69, 9.17) is 9.16 Å². The maximum Gasteiger partial charge on any atom is 0.308 e. The monoisotopic (exact) mass is 216 g/mol. The van der Waals surface area contributed by atoms with Gasteiger partial charge < -0.3 is 9.16 Å². The third kappa shape index (κ3) is 2.57. The van der Waals surface area contributed by atoms with Crippen LogP contribution < -0.4 is 0 Å². The number of carbonyl (C=O) groups is 1. The molecule has 82 valence electrons. The summed E-state index contributed by atoms with van der Waals surface area (Å²) in [6.45, 7) is 7.04. The molecule has 4 heteroatoms. The minimum atomic E-state index is -1.54. The molecule has 1 aliphatic rings. The van der Waals surface area contributed by atoms with Crippen molar-refractivity contribution in [3.8, 4) is 0 Å². The molecule has 1 saturated heterocycles. The summed E-state index contributed by atoms with van der Waals surface area (Å²) >= 11 is 0. The van der Waals surface area contributed by atoms with Crippen LogP contribution in [0.25, 0.3) is 0 Å². The van der Waals surface area contributed by atoms with E-state index in [1.165, 1.54) is 0 Å². The van der Waals surface area contributed by atoms with Crippen LogP contribution in [-0.4, -0.2) is 27.0 Å². The van der Waals surface area contributed by atoms with Gasteiger partial charge in [-0.3, -0.25) is 4.79 Å². The van der Waals surface area contributed by atoms with Crippen LogP contribution in [0.15, 0.2) is 0 Å². The molecule has 14 heavy (non-hydrogen) atoms. The molecule has 0 N–H and O–H groups in total. The molecule has 3 nitrogen and oxygen atoms in total. The van der Waals surface area contributed by atoms with Crippen LogP contribution in [-0.2, 0) is 14.0 Å². The quantitative estimate of drug-likeness (QED) is 0.522. The topological polar surface area (TPSA) is 35.5 Å². The fourth-order valence-corrected chi connectivity index (χ4v) is 4.78. The van der Waals surface area contributed by atoms with E-state index < -0.39 is 8.32 Å². The number of carbonyl (C=O) groups excluding carboxylic acids is 1. The van der Waals surface area contributed by atoms with Crippen LogP contribution in [0.5, 0.6) is 0 Å². The Kier molecular flexibility index (Phi) is 4.13. The fourth-order valence-electron chi connectivity index (χ4n) is 1.92. The number of cyclic esters (lactones) is 1. The normalized spacial score (nSPS) is 22.5. The van der Waals surface area contributed by atoms with Gasteiger partial charge in [0.25, 0.3) is 0 Å². The van der Waals surface area contributed by atoms with Crippen molar-refractivity contribution in [3.05, 3.63) is 0 Å². The van der Waals surface area contributed by atoms with Gasteiger partial charge in [-0.1, -0.05) is 20.8 Å². The Morgan fingerprint density at radius 1 is 1.36 bits per heavy atom. The highest BCUT2D eigenvalue weighted by Gasteiger charge is 2.35. The van der Waals surface area contributed by atoms with Gasteiger partial charge in [0, 0.05) is 0 Å². The predicted molar refractivity (Wildman–Crippen MR) is 57.6 cm³/mol. The highest BCUT2D eigenvalue weighted by atomic mass is 28.4. The van der Waals surface area contributed by atoms with Gasteiger partial charge in [0.05, 0.1) is 12.5 Å². The second-order valence-corrected chi connectivity index (χ2v) is 8.59. The van der Waals surface area contributed by atoms with E-state index in [1.807, 2.05) is 0 Å². The molecule has 0 unspecified atom stereocenters. The number of hydrogen-bond acceptors (Lipinski definition) is 3. The van der Waals surface area contributed by atoms with E-state index in [-0.39, 0.29) is 12.1 Å². The zero-order valence-corrected chi connectivity index (χ0v) is 10.3. The molecule has 1 rings (SSSR count). The molecule has 0 amide bonds. The van der Waals surface area contributed by atoms with Crippen LogP contribution in [0.4, 0.5) is 0 Å². The van der Waals surface area contributed by atoms with Crippen molar-refractivity contribution >= 4 is 14.3 Å². The standard InChI is InChI=1S/C10H20O3Si/c1-4-14(5-2,6-3)13-9-7-10(11)12-8-9/h9H,4-8H2,1-3H3/t9-/m1/s1. The highest BCUT2D eigenvalue weighted by Crippen LogP contribution is 2.26. The predicted octanol–water partition coefficient (Wildman–Crippen LogP) is 2.32. The lowest BCUT2D eigenvalue weighted by Crippen LogP contribution is -2.40. The van der Waals surface area contributed by atoms with Crippen LogP contribution in [0.1, 0.15) is 27.2 Å². The van der Waals surface area contributed by atoms with Gasteiger partial charge in [0.1, 0.15) is 6.61 Å². The first-order valence-electron chi connectivity index (χ1n) is 5.49. The van der Waals surface area contributed by atoms with E-state index in [9.17, 15) is 4.79 Å². The van der Waals surface area contributed by atoms with Crippen molar-refractivity contribution in [2.75, 3.05) is 6.61 Å². The van der Waals surface area contributed by atoms with E-state index in [0.29, 0.717) is 13.0 Å². The maximum atomic E-state index is 10.9. The largest absolute Gasteiger partial charge is 0.463 e. The molecule has 1 heterocycles. The van der Waals surface area contributed by atoms with Crippen molar-refractivity contribution in [1.29, 1.82) is 0 Å². The van der Waals surface area contributed by atoms with Crippen molar-refractivity contribution < 1.29 is 14.0 Å². The molecule has 1 aliphatic heterocycles. The summed E-state index contributed by atoms with van der Waals surface area (Å²) in [5.41, 5.74) is 0. The van der Waals surface area contributed by atoms with Crippen LogP contribution in [0, 0.1) is 0 Å². The molecule has 0 aromatic rings. The molecule has 0 spiro atoms. The van der Waals surface area contributed by atoms with Gasteiger partial charge in [-0.05, 0) is 18.1 Å². The Morgan fingerprint density at radius 3 is 2.29 bits per heavy atom. The Hall–Kier alpha value is -0.353. The lowest BCUT2D eigenvalue weighted by atomic mass is 10.3. The van der Waals surface area contributed by atoms with Crippen molar-refractivity contribution in [2.45, 2.75) is 51.4 Å². The summed E-state index contributed by atoms with van der Waals surface area (Å²) in [5.74, 6) is -0.110. The molecule has 1 fully saturated rings. The van der Waals surface area contributed by atoms with Gasteiger partial charge in [-0.2, -0.15) is 0 Å². The van der Waals surface area contributed by atoms with Crippen molar-refractivity contribution in [2.24, 2.45) is 0 Å². The first-order valence-corrected chi connectivity index (χ1v) is 8.02. The van der Waals surface area contributed by atoms with Crippen molar-refractivity contribution in [3.63, 3.8) is 0 Å². The third-order valence-electron chi connectivity index (χ3n) is 3.17. The maximum absolute atomic E-state index is 10.9. The molecular formula is C10H20O3Si. The summed E-state index contributed by atoms with van der Waals surface area (Å²) in [6.07, 6.45) is 0.489. The van der Waals surface area contributed by atoms with E-state index >= 15 is 0 Å². The fraction of sp³-hybridized carbons (Fsp3) is 0.900. The number of esters is 1. The Labute approximate surface area is 86.9 Å². The molecule has 0 radical (unpaired) electrons.